The maximum absolute atomic E-state index is 5.34. The Balaban J connectivity index is 2.03. The summed E-state index contributed by atoms with van der Waals surface area (Å²) in [4.78, 5) is 0. The molecule has 1 aliphatic rings. The summed E-state index contributed by atoms with van der Waals surface area (Å²) in [7, 11) is 0. The highest BCUT2D eigenvalue weighted by Gasteiger charge is 2.15. The molecular formula is C12H25NO. The number of hydrogen-bond donors (Lipinski definition) is 1. The first-order valence-electron chi connectivity index (χ1n) is 6.16. The first kappa shape index (κ1) is 12.0. The van der Waals surface area contributed by atoms with E-state index in [1.165, 1.54) is 38.5 Å². The third-order valence-corrected chi connectivity index (χ3v) is 2.98. The summed E-state index contributed by atoms with van der Waals surface area (Å²) >= 11 is 0. The maximum Gasteiger partial charge on any atom is 0.0480 e. The number of rotatable bonds is 6. The maximum atomic E-state index is 5.34. The standard InChI is InChI=1S/C12H25NO/c1-3-4-5-6-11(2)13-12-7-9-14-10-8-12/h11-13H,3-10H2,1-2H3. The fourth-order valence-corrected chi connectivity index (χ4v) is 2.05. The lowest BCUT2D eigenvalue weighted by Crippen LogP contribution is -2.40. The van der Waals surface area contributed by atoms with Gasteiger partial charge in [0.1, 0.15) is 0 Å². The van der Waals surface area contributed by atoms with E-state index in [2.05, 4.69) is 19.2 Å². The number of hydrogen-bond acceptors (Lipinski definition) is 2. The molecule has 0 saturated carbocycles. The second-order valence-corrected chi connectivity index (χ2v) is 4.45. The largest absolute Gasteiger partial charge is 0.381 e. The summed E-state index contributed by atoms with van der Waals surface area (Å²) < 4.78 is 5.34. The first-order chi connectivity index (χ1) is 6.83. The van der Waals surface area contributed by atoms with E-state index in [4.69, 9.17) is 4.74 Å². The van der Waals surface area contributed by atoms with Crippen LogP contribution >= 0.6 is 0 Å². The van der Waals surface area contributed by atoms with E-state index in [0.29, 0.717) is 12.1 Å². The SMILES string of the molecule is CCCCCC(C)NC1CCOCC1. The van der Waals surface area contributed by atoms with Crippen molar-refractivity contribution in [1.82, 2.24) is 5.32 Å². The van der Waals surface area contributed by atoms with Gasteiger partial charge in [0.2, 0.25) is 0 Å². The van der Waals surface area contributed by atoms with Crippen molar-refractivity contribution in [2.45, 2.75) is 64.5 Å². The normalized spacial score (nSPS) is 21.0. The number of nitrogens with one attached hydrogen (secondary N) is 1. The molecule has 0 radical (unpaired) electrons. The predicted molar refractivity (Wildman–Crippen MR) is 60.6 cm³/mol. The summed E-state index contributed by atoms with van der Waals surface area (Å²) in [6, 6.07) is 1.39. The van der Waals surface area contributed by atoms with E-state index in [1.54, 1.807) is 0 Å². The molecule has 1 aliphatic heterocycles. The van der Waals surface area contributed by atoms with Crippen LogP contribution in [0, 0.1) is 0 Å². The van der Waals surface area contributed by atoms with E-state index >= 15 is 0 Å². The molecular weight excluding hydrogens is 174 g/mol. The van der Waals surface area contributed by atoms with Crippen molar-refractivity contribution < 1.29 is 4.74 Å². The fourth-order valence-electron chi connectivity index (χ4n) is 2.05. The number of ether oxygens (including phenoxy) is 1. The molecule has 0 aliphatic carbocycles. The van der Waals surface area contributed by atoms with Crippen molar-refractivity contribution in [3.8, 4) is 0 Å². The number of unbranched alkanes of at least 4 members (excludes halogenated alkanes) is 2. The van der Waals surface area contributed by atoms with Gasteiger partial charge in [0.05, 0.1) is 0 Å². The monoisotopic (exact) mass is 199 g/mol. The van der Waals surface area contributed by atoms with Crippen molar-refractivity contribution in [3.63, 3.8) is 0 Å². The molecule has 0 aromatic rings. The van der Waals surface area contributed by atoms with Gasteiger partial charge >= 0.3 is 0 Å². The van der Waals surface area contributed by atoms with E-state index in [-0.39, 0.29) is 0 Å². The average Bonchev–Trinajstić information content (AvgIpc) is 2.20. The minimum atomic E-state index is 0.685. The molecule has 1 unspecified atom stereocenters. The van der Waals surface area contributed by atoms with Crippen LogP contribution in [0.25, 0.3) is 0 Å². The van der Waals surface area contributed by atoms with E-state index in [0.717, 1.165) is 13.2 Å². The molecule has 14 heavy (non-hydrogen) atoms. The molecule has 1 N–H and O–H groups in total. The van der Waals surface area contributed by atoms with Crippen molar-refractivity contribution in [1.29, 1.82) is 0 Å². The summed E-state index contributed by atoms with van der Waals surface area (Å²) in [6.45, 7) is 6.46. The van der Waals surface area contributed by atoms with Crippen LogP contribution in [0.5, 0.6) is 0 Å². The Morgan fingerprint density at radius 2 is 2.00 bits per heavy atom. The molecule has 0 aromatic carbocycles. The lowest BCUT2D eigenvalue weighted by atomic mass is 10.1. The van der Waals surface area contributed by atoms with Gasteiger partial charge in [-0.3, -0.25) is 0 Å². The van der Waals surface area contributed by atoms with E-state index in [1.807, 2.05) is 0 Å². The highest BCUT2D eigenvalue weighted by Crippen LogP contribution is 2.09. The van der Waals surface area contributed by atoms with E-state index in [9.17, 15) is 0 Å². The lowest BCUT2D eigenvalue weighted by molar-refractivity contribution is 0.0751. The van der Waals surface area contributed by atoms with Gasteiger partial charge in [-0.25, -0.2) is 0 Å². The smallest absolute Gasteiger partial charge is 0.0480 e. The van der Waals surface area contributed by atoms with Gasteiger partial charge in [0.25, 0.3) is 0 Å². The molecule has 1 atom stereocenters. The molecule has 2 nitrogen and oxygen atoms in total. The molecule has 0 bridgehead atoms. The minimum Gasteiger partial charge on any atom is -0.381 e. The Morgan fingerprint density at radius 1 is 1.29 bits per heavy atom. The minimum absolute atomic E-state index is 0.685. The molecule has 1 fully saturated rings. The Labute approximate surface area is 88.4 Å². The van der Waals surface area contributed by atoms with Crippen LogP contribution in [0.15, 0.2) is 0 Å². The first-order valence-corrected chi connectivity index (χ1v) is 6.16. The van der Waals surface area contributed by atoms with Gasteiger partial charge in [-0.05, 0) is 26.2 Å². The Morgan fingerprint density at radius 3 is 2.64 bits per heavy atom. The highest BCUT2D eigenvalue weighted by atomic mass is 16.5. The Bertz CT molecular complexity index is 132. The molecule has 0 amide bonds. The van der Waals surface area contributed by atoms with Gasteiger partial charge < -0.3 is 10.1 Å². The Hall–Kier alpha value is -0.0800. The highest BCUT2D eigenvalue weighted by molar-refractivity contribution is 4.73. The van der Waals surface area contributed by atoms with Crippen LogP contribution in [0.3, 0.4) is 0 Å². The zero-order chi connectivity index (χ0) is 10.2. The topological polar surface area (TPSA) is 21.3 Å². The lowest BCUT2D eigenvalue weighted by Gasteiger charge is -2.26. The Kier molecular flexibility index (Phi) is 6.20. The van der Waals surface area contributed by atoms with Gasteiger partial charge in [0.15, 0.2) is 0 Å². The van der Waals surface area contributed by atoms with Crippen LogP contribution in [-0.4, -0.2) is 25.3 Å². The molecule has 1 saturated heterocycles. The zero-order valence-corrected chi connectivity index (χ0v) is 9.72. The molecule has 1 rings (SSSR count). The van der Waals surface area contributed by atoms with Crippen LogP contribution in [-0.2, 0) is 4.74 Å². The molecule has 2 heteroatoms. The zero-order valence-electron chi connectivity index (χ0n) is 9.72. The van der Waals surface area contributed by atoms with Crippen molar-refractivity contribution in [2.75, 3.05) is 13.2 Å². The summed E-state index contributed by atoms with van der Waals surface area (Å²) in [5, 5.41) is 3.70. The van der Waals surface area contributed by atoms with Gasteiger partial charge in [0, 0.05) is 25.3 Å². The van der Waals surface area contributed by atoms with Crippen LogP contribution in [0.4, 0.5) is 0 Å². The molecule has 84 valence electrons. The van der Waals surface area contributed by atoms with Crippen molar-refractivity contribution in [2.24, 2.45) is 0 Å². The third kappa shape index (κ3) is 4.97. The third-order valence-electron chi connectivity index (χ3n) is 2.98. The second kappa shape index (κ2) is 7.24. The van der Waals surface area contributed by atoms with E-state index < -0.39 is 0 Å². The second-order valence-electron chi connectivity index (χ2n) is 4.45. The molecule has 1 heterocycles. The van der Waals surface area contributed by atoms with Crippen LogP contribution in [0.1, 0.15) is 52.4 Å². The molecule has 0 spiro atoms. The van der Waals surface area contributed by atoms with Crippen LogP contribution < -0.4 is 5.32 Å². The average molecular weight is 199 g/mol. The quantitative estimate of drug-likeness (QED) is 0.664. The van der Waals surface area contributed by atoms with Gasteiger partial charge in [-0.2, -0.15) is 0 Å². The van der Waals surface area contributed by atoms with Gasteiger partial charge in [-0.15, -0.1) is 0 Å². The van der Waals surface area contributed by atoms with Crippen molar-refractivity contribution >= 4 is 0 Å². The fraction of sp³-hybridized carbons (Fsp3) is 1.00. The molecule has 0 aromatic heterocycles. The summed E-state index contributed by atoms with van der Waals surface area (Å²) in [5.41, 5.74) is 0. The summed E-state index contributed by atoms with van der Waals surface area (Å²) in [6.07, 6.45) is 7.78. The summed E-state index contributed by atoms with van der Waals surface area (Å²) in [5.74, 6) is 0. The van der Waals surface area contributed by atoms with Gasteiger partial charge in [-0.1, -0.05) is 26.2 Å². The van der Waals surface area contributed by atoms with Crippen molar-refractivity contribution in [3.05, 3.63) is 0 Å². The predicted octanol–water partition coefficient (Wildman–Crippen LogP) is 2.72. The van der Waals surface area contributed by atoms with Crippen LogP contribution in [0.2, 0.25) is 0 Å².